The molecule has 23 heavy (non-hydrogen) atoms. The molecule has 1 aromatic carbocycles. The molecule has 2 heterocycles. The van der Waals surface area contributed by atoms with Gasteiger partial charge in [-0.3, -0.25) is 10.00 Å². The van der Waals surface area contributed by atoms with Gasteiger partial charge in [0, 0.05) is 43.3 Å². The zero-order valence-electron chi connectivity index (χ0n) is 13.3. The van der Waals surface area contributed by atoms with Crippen molar-refractivity contribution in [1.82, 2.24) is 20.4 Å². The Hall–Kier alpha value is -1.21. The van der Waals surface area contributed by atoms with Crippen molar-refractivity contribution in [3.63, 3.8) is 0 Å². The zero-order valence-corrected chi connectivity index (χ0v) is 14.1. The van der Waals surface area contributed by atoms with Gasteiger partial charge in [0.05, 0.1) is 5.52 Å². The van der Waals surface area contributed by atoms with Crippen LogP contribution in [0.2, 0.25) is 0 Å². The van der Waals surface area contributed by atoms with Crippen LogP contribution in [0, 0.1) is 11.7 Å². The van der Waals surface area contributed by atoms with Gasteiger partial charge < -0.3 is 10.4 Å². The summed E-state index contributed by atoms with van der Waals surface area (Å²) < 4.78 is 13.2. The molecule has 0 radical (unpaired) electrons. The van der Waals surface area contributed by atoms with Crippen molar-refractivity contribution in [2.75, 3.05) is 26.2 Å². The third-order valence-corrected chi connectivity index (χ3v) is 4.35. The van der Waals surface area contributed by atoms with E-state index in [4.69, 9.17) is 0 Å². The van der Waals surface area contributed by atoms with Gasteiger partial charge in [-0.1, -0.05) is 6.92 Å². The lowest BCUT2D eigenvalue weighted by Crippen LogP contribution is -2.52. The minimum absolute atomic E-state index is 0. The maximum absolute atomic E-state index is 13.2. The van der Waals surface area contributed by atoms with E-state index in [-0.39, 0.29) is 24.5 Å². The number of nitrogens with zero attached hydrogens (tertiary/aromatic N) is 2. The van der Waals surface area contributed by atoms with Crippen LogP contribution in [0.25, 0.3) is 10.9 Å². The van der Waals surface area contributed by atoms with E-state index in [9.17, 15) is 9.50 Å². The lowest BCUT2D eigenvalue weighted by atomic mass is 10.0. The first-order valence-electron chi connectivity index (χ1n) is 7.89. The Bertz CT molecular complexity index is 636. The molecule has 1 aliphatic heterocycles. The number of benzene rings is 1. The number of β-amino-alcohol motifs (C(OH)–C–C–N with tert-alkyl or cyclic N) is 1. The predicted octanol–water partition coefficient (Wildman–Crippen LogP) is 1.92. The van der Waals surface area contributed by atoms with Crippen molar-refractivity contribution in [2.24, 2.45) is 5.92 Å². The van der Waals surface area contributed by atoms with Gasteiger partial charge in [0.1, 0.15) is 12.0 Å². The number of hydrogen-bond donors (Lipinski definition) is 3. The van der Waals surface area contributed by atoms with E-state index in [2.05, 4.69) is 27.3 Å². The minimum Gasteiger partial charge on any atom is -0.377 e. The Morgan fingerprint density at radius 2 is 2.30 bits per heavy atom. The highest BCUT2D eigenvalue weighted by Gasteiger charge is 2.21. The van der Waals surface area contributed by atoms with Gasteiger partial charge in [0.25, 0.3) is 0 Å². The third-order valence-electron chi connectivity index (χ3n) is 4.35. The fourth-order valence-electron chi connectivity index (χ4n) is 3.06. The van der Waals surface area contributed by atoms with E-state index < -0.39 is 0 Å². The molecular weight excluding hydrogens is 319 g/mol. The molecule has 5 nitrogen and oxygen atoms in total. The second-order valence-electron chi connectivity index (χ2n) is 6.19. The number of aromatic nitrogens is 2. The van der Waals surface area contributed by atoms with Crippen molar-refractivity contribution < 1.29 is 9.50 Å². The van der Waals surface area contributed by atoms with Crippen LogP contribution in [-0.4, -0.2) is 52.6 Å². The van der Waals surface area contributed by atoms with Crippen molar-refractivity contribution in [2.45, 2.75) is 26.0 Å². The molecule has 0 aliphatic carbocycles. The van der Waals surface area contributed by atoms with E-state index in [1.165, 1.54) is 12.1 Å². The number of aliphatic hydroxyl groups excluding tert-OH is 1. The summed E-state index contributed by atoms with van der Waals surface area (Å²) >= 11 is 0. The number of halogens is 2. The van der Waals surface area contributed by atoms with Gasteiger partial charge in [0.2, 0.25) is 0 Å². The molecule has 2 atom stereocenters. The SMILES string of the molecule is CC(CCc1[nH]nc2cc(F)ccc12)CN1CCNCC1O.Cl. The number of aliphatic hydroxyl groups is 1. The Labute approximate surface area is 141 Å². The summed E-state index contributed by atoms with van der Waals surface area (Å²) in [5, 5.41) is 21.3. The smallest absolute Gasteiger partial charge is 0.125 e. The first kappa shape index (κ1) is 18.1. The summed E-state index contributed by atoms with van der Waals surface area (Å²) in [6.07, 6.45) is 1.50. The fourth-order valence-corrected chi connectivity index (χ4v) is 3.06. The molecule has 2 aromatic rings. The zero-order chi connectivity index (χ0) is 15.5. The molecular formula is C16H24ClFN4O. The van der Waals surface area contributed by atoms with Crippen molar-refractivity contribution in [1.29, 1.82) is 0 Å². The Morgan fingerprint density at radius 1 is 1.48 bits per heavy atom. The molecule has 1 aromatic heterocycles. The molecule has 3 N–H and O–H groups in total. The Kier molecular flexibility index (Phi) is 6.35. The average molecular weight is 343 g/mol. The molecule has 0 spiro atoms. The number of fused-ring (bicyclic) bond motifs is 1. The molecule has 1 fully saturated rings. The van der Waals surface area contributed by atoms with Gasteiger partial charge in [-0.2, -0.15) is 5.10 Å². The second-order valence-corrected chi connectivity index (χ2v) is 6.19. The predicted molar refractivity (Wildman–Crippen MR) is 91.2 cm³/mol. The van der Waals surface area contributed by atoms with Crippen LogP contribution in [0.5, 0.6) is 0 Å². The number of piperazine rings is 1. The van der Waals surface area contributed by atoms with Crippen LogP contribution in [0.4, 0.5) is 4.39 Å². The average Bonchev–Trinajstić information content (AvgIpc) is 2.89. The molecule has 128 valence electrons. The fraction of sp³-hybridized carbons (Fsp3) is 0.562. The lowest BCUT2D eigenvalue weighted by Gasteiger charge is -2.34. The van der Waals surface area contributed by atoms with Crippen LogP contribution in [0.1, 0.15) is 19.0 Å². The quantitative estimate of drug-likeness (QED) is 0.776. The molecule has 7 heteroatoms. The van der Waals surface area contributed by atoms with Crippen LogP contribution in [0.15, 0.2) is 18.2 Å². The van der Waals surface area contributed by atoms with Crippen molar-refractivity contribution >= 4 is 23.3 Å². The molecule has 1 aliphatic rings. The molecule has 0 amide bonds. The van der Waals surface area contributed by atoms with Crippen molar-refractivity contribution in [3.05, 3.63) is 29.7 Å². The molecule has 1 saturated heterocycles. The standard InChI is InChI=1S/C16H23FN4O.ClH/c1-11(10-21-7-6-18-9-16(21)22)2-5-14-13-4-3-12(17)8-15(13)20-19-14;/h3-4,8,11,16,18,22H,2,5-7,9-10H2,1H3,(H,19,20);1H. The summed E-state index contributed by atoms with van der Waals surface area (Å²) in [4.78, 5) is 2.13. The summed E-state index contributed by atoms with van der Waals surface area (Å²) in [6.45, 7) is 5.55. The van der Waals surface area contributed by atoms with Gasteiger partial charge in [-0.25, -0.2) is 4.39 Å². The van der Waals surface area contributed by atoms with Gasteiger partial charge in [0.15, 0.2) is 0 Å². The first-order valence-corrected chi connectivity index (χ1v) is 7.89. The van der Waals surface area contributed by atoms with E-state index in [1.54, 1.807) is 6.07 Å². The highest BCUT2D eigenvalue weighted by atomic mass is 35.5. The van der Waals surface area contributed by atoms with E-state index in [0.717, 1.165) is 43.6 Å². The molecule has 0 bridgehead atoms. The second kappa shape index (κ2) is 8.06. The van der Waals surface area contributed by atoms with Crippen molar-refractivity contribution in [3.8, 4) is 0 Å². The lowest BCUT2D eigenvalue weighted by molar-refractivity contribution is -0.0206. The minimum atomic E-state index is -0.382. The summed E-state index contributed by atoms with van der Waals surface area (Å²) in [5.74, 6) is 0.221. The van der Waals surface area contributed by atoms with Crippen LogP contribution in [-0.2, 0) is 6.42 Å². The first-order chi connectivity index (χ1) is 10.6. The monoisotopic (exact) mass is 342 g/mol. The highest BCUT2D eigenvalue weighted by Crippen LogP contribution is 2.20. The highest BCUT2D eigenvalue weighted by molar-refractivity contribution is 5.85. The normalized spacial score (nSPS) is 20.4. The van der Waals surface area contributed by atoms with E-state index >= 15 is 0 Å². The maximum Gasteiger partial charge on any atom is 0.125 e. The van der Waals surface area contributed by atoms with Gasteiger partial charge >= 0.3 is 0 Å². The number of nitrogens with one attached hydrogen (secondary N) is 2. The van der Waals surface area contributed by atoms with E-state index in [1.807, 2.05) is 0 Å². The van der Waals surface area contributed by atoms with Gasteiger partial charge in [-0.05, 0) is 30.9 Å². The molecule has 0 saturated carbocycles. The van der Waals surface area contributed by atoms with E-state index in [0.29, 0.717) is 18.0 Å². The topological polar surface area (TPSA) is 64.2 Å². The number of H-pyrrole nitrogens is 1. The summed E-state index contributed by atoms with van der Waals surface area (Å²) in [5.41, 5.74) is 1.74. The maximum atomic E-state index is 13.2. The number of rotatable bonds is 5. The summed E-state index contributed by atoms with van der Waals surface area (Å²) in [7, 11) is 0. The van der Waals surface area contributed by atoms with Crippen LogP contribution < -0.4 is 5.32 Å². The Balaban J connectivity index is 0.00000192. The number of aryl methyl sites for hydroxylation is 1. The Morgan fingerprint density at radius 3 is 3.09 bits per heavy atom. The summed E-state index contributed by atoms with van der Waals surface area (Å²) in [6, 6.07) is 4.71. The number of hydrogen-bond acceptors (Lipinski definition) is 4. The molecule has 3 rings (SSSR count). The van der Waals surface area contributed by atoms with Crippen LogP contribution in [0.3, 0.4) is 0 Å². The van der Waals surface area contributed by atoms with Crippen LogP contribution >= 0.6 is 12.4 Å². The largest absolute Gasteiger partial charge is 0.377 e. The van der Waals surface area contributed by atoms with Gasteiger partial charge in [-0.15, -0.1) is 12.4 Å². The third kappa shape index (κ3) is 4.41. The number of aromatic amines is 1. The molecule has 2 unspecified atom stereocenters.